The van der Waals surface area contributed by atoms with Crippen LogP contribution in [0.2, 0.25) is 0 Å². The fourth-order valence-corrected chi connectivity index (χ4v) is 2.59. The Hall–Kier alpha value is -1.55. The molecular weight excluding hydrogens is 252 g/mol. The molecule has 20 heavy (non-hydrogen) atoms. The van der Waals surface area contributed by atoms with Crippen LogP contribution >= 0.6 is 0 Å². The van der Waals surface area contributed by atoms with Gasteiger partial charge >= 0.3 is 0 Å². The van der Waals surface area contributed by atoms with Gasteiger partial charge in [-0.25, -0.2) is 0 Å². The molecule has 1 aromatic carbocycles. The Morgan fingerprint density at radius 3 is 2.70 bits per heavy atom. The molecule has 1 aliphatic rings. The summed E-state index contributed by atoms with van der Waals surface area (Å²) in [7, 11) is 2.03. The maximum atomic E-state index is 12.2. The van der Waals surface area contributed by atoms with E-state index in [2.05, 4.69) is 17.1 Å². The fraction of sp³-hybridized carbons (Fsp3) is 0.562. The quantitative estimate of drug-likeness (QED) is 0.889. The summed E-state index contributed by atoms with van der Waals surface area (Å²) in [6.07, 6.45) is 2.80. The van der Waals surface area contributed by atoms with Crippen molar-refractivity contribution in [1.29, 1.82) is 0 Å². The normalized spacial score (nSPS) is 22.4. The predicted molar refractivity (Wildman–Crippen MR) is 82.0 cm³/mol. The van der Waals surface area contributed by atoms with E-state index in [4.69, 9.17) is 0 Å². The molecule has 0 atom stereocenters. The van der Waals surface area contributed by atoms with Crippen molar-refractivity contribution in [3.63, 3.8) is 0 Å². The summed E-state index contributed by atoms with van der Waals surface area (Å²) in [5.41, 5.74) is 1.95. The highest BCUT2D eigenvalue weighted by Gasteiger charge is 2.25. The van der Waals surface area contributed by atoms with Gasteiger partial charge in [-0.1, -0.05) is 6.07 Å². The van der Waals surface area contributed by atoms with Crippen molar-refractivity contribution in [2.75, 3.05) is 23.8 Å². The van der Waals surface area contributed by atoms with Gasteiger partial charge in [0.1, 0.15) is 0 Å². The number of nitrogens with one attached hydrogen (secondary N) is 1. The molecule has 0 radical (unpaired) electrons. The van der Waals surface area contributed by atoms with E-state index < -0.39 is 0 Å². The molecule has 110 valence electrons. The van der Waals surface area contributed by atoms with Crippen LogP contribution in [0.4, 0.5) is 11.4 Å². The van der Waals surface area contributed by atoms with Crippen molar-refractivity contribution in [2.24, 2.45) is 5.92 Å². The summed E-state index contributed by atoms with van der Waals surface area (Å²) in [6, 6.07) is 7.92. The van der Waals surface area contributed by atoms with Gasteiger partial charge in [-0.05, 0) is 50.8 Å². The van der Waals surface area contributed by atoms with Crippen molar-refractivity contribution in [2.45, 2.75) is 38.7 Å². The summed E-state index contributed by atoms with van der Waals surface area (Å²) < 4.78 is 0. The molecule has 0 heterocycles. The largest absolute Gasteiger partial charge is 0.393 e. The second kappa shape index (κ2) is 6.75. The van der Waals surface area contributed by atoms with E-state index in [1.807, 2.05) is 31.3 Å². The molecule has 2 rings (SSSR count). The minimum absolute atomic E-state index is 0.0333. The lowest BCUT2D eigenvalue weighted by Crippen LogP contribution is -2.28. The van der Waals surface area contributed by atoms with E-state index in [0.717, 1.165) is 43.6 Å². The third kappa shape index (κ3) is 3.73. The molecule has 0 unspecified atom stereocenters. The minimum atomic E-state index is -0.222. The Morgan fingerprint density at radius 2 is 2.05 bits per heavy atom. The van der Waals surface area contributed by atoms with Gasteiger partial charge in [-0.3, -0.25) is 4.79 Å². The third-order valence-corrected chi connectivity index (χ3v) is 4.10. The highest BCUT2D eigenvalue weighted by atomic mass is 16.3. The first-order chi connectivity index (χ1) is 9.60. The highest BCUT2D eigenvalue weighted by Crippen LogP contribution is 2.26. The van der Waals surface area contributed by atoms with Gasteiger partial charge in [-0.2, -0.15) is 0 Å². The third-order valence-electron chi connectivity index (χ3n) is 4.10. The molecule has 1 aromatic rings. The molecule has 0 aliphatic heterocycles. The number of aliphatic hydroxyl groups excluding tert-OH is 1. The van der Waals surface area contributed by atoms with Crippen molar-refractivity contribution < 1.29 is 9.90 Å². The van der Waals surface area contributed by atoms with Gasteiger partial charge in [0.05, 0.1) is 6.10 Å². The van der Waals surface area contributed by atoms with Crippen LogP contribution < -0.4 is 10.2 Å². The van der Waals surface area contributed by atoms with Crippen LogP contribution in [0.15, 0.2) is 24.3 Å². The Balaban J connectivity index is 1.97. The van der Waals surface area contributed by atoms with Crippen molar-refractivity contribution in [3.8, 4) is 0 Å². The topological polar surface area (TPSA) is 52.6 Å². The molecule has 1 fully saturated rings. The Bertz CT molecular complexity index is 454. The van der Waals surface area contributed by atoms with Crippen molar-refractivity contribution >= 4 is 17.3 Å². The summed E-state index contributed by atoms with van der Waals surface area (Å²) in [6.45, 7) is 3.02. The van der Waals surface area contributed by atoms with Gasteiger partial charge in [0.15, 0.2) is 0 Å². The standard InChI is InChI=1S/C16H24N2O2/c1-3-18(2)14-6-4-5-13(11-14)17-16(20)12-7-9-15(19)10-8-12/h4-6,11-12,15,19H,3,7-10H2,1-2H3,(H,17,20). The lowest BCUT2D eigenvalue weighted by atomic mass is 9.87. The van der Waals surface area contributed by atoms with Crippen LogP contribution in [0.5, 0.6) is 0 Å². The van der Waals surface area contributed by atoms with Crippen molar-refractivity contribution in [1.82, 2.24) is 0 Å². The van der Waals surface area contributed by atoms with E-state index in [1.54, 1.807) is 0 Å². The van der Waals surface area contributed by atoms with E-state index in [1.165, 1.54) is 0 Å². The summed E-state index contributed by atoms with van der Waals surface area (Å²) in [5.74, 6) is 0.110. The van der Waals surface area contributed by atoms with Crippen LogP contribution in [0, 0.1) is 5.92 Å². The molecule has 1 amide bonds. The van der Waals surface area contributed by atoms with Crippen LogP contribution in [0.1, 0.15) is 32.6 Å². The average Bonchev–Trinajstić information content (AvgIpc) is 2.47. The SMILES string of the molecule is CCN(C)c1cccc(NC(=O)C2CCC(O)CC2)c1. The smallest absolute Gasteiger partial charge is 0.227 e. The number of aliphatic hydroxyl groups is 1. The maximum Gasteiger partial charge on any atom is 0.227 e. The number of rotatable bonds is 4. The van der Waals surface area contributed by atoms with Gasteiger partial charge in [0.2, 0.25) is 5.91 Å². The molecule has 0 bridgehead atoms. The number of carbonyl (C=O) groups excluding carboxylic acids is 1. The summed E-state index contributed by atoms with van der Waals surface area (Å²) in [5, 5.41) is 12.5. The molecule has 1 saturated carbocycles. The van der Waals surface area contributed by atoms with E-state index in [0.29, 0.717) is 0 Å². The number of nitrogens with zero attached hydrogens (tertiary/aromatic N) is 1. The fourth-order valence-electron chi connectivity index (χ4n) is 2.59. The first-order valence-corrected chi connectivity index (χ1v) is 7.40. The first-order valence-electron chi connectivity index (χ1n) is 7.40. The monoisotopic (exact) mass is 276 g/mol. The highest BCUT2D eigenvalue weighted by molar-refractivity contribution is 5.93. The van der Waals surface area contributed by atoms with Crippen LogP contribution in [0.25, 0.3) is 0 Å². The van der Waals surface area contributed by atoms with Crippen molar-refractivity contribution in [3.05, 3.63) is 24.3 Å². The number of carbonyl (C=O) groups is 1. The summed E-state index contributed by atoms with van der Waals surface area (Å²) >= 11 is 0. The molecule has 4 nitrogen and oxygen atoms in total. The number of benzene rings is 1. The van der Waals surface area contributed by atoms with E-state index in [9.17, 15) is 9.90 Å². The number of amides is 1. The molecule has 2 N–H and O–H groups in total. The zero-order valence-electron chi connectivity index (χ0n) is 12.3. The van der Waals surface area contributed by atoms with Gasteiger partial charge < -0.3 is 15.3 Å². The van der Waals surface area contributed by atoms with E-state index >= 15 is 0 Å². The van der Waals surface area contributed by atoms with Gasteiger partial charge in [0, 0.05) is 30.9 Å². The number of anilines is 2. The van der Waals surface area contributed by atoms with Gasteiger partial charge in [-0.15, -0.1) is 0 Å². The molecule has 0 aromatic heterocycles. The lowest BCUT2D eigenvalue weighted by Gasteiger charge is -2.24. The maximum absolute atomic E-state index is 12.2. The Kier molecular flexibility index (Phi) is 5.01. The molecule has 0 spiro atoms. The first kappa shape index (κ1) is 14.9. The summed E-state index contributed by atoms with van der Waals surface area (Å²) in [4.78, 5) is 14.4. The van der Waals surface area contributed by atoms with Crippen LogP contribution in [-0.2, 0) is 4.79 Å². The molecule has 0 saturated heterocycles. The molecular formula is C16H24N2O2. The second-order valence-electron chi connectivity index (χ2n) is 5.56. The van der Waals surface area contributed by atoms with E-state index in [-0.39, 0.29) is 17.9 Å². The van der Waals surface area contributed by atoms with Crippen LogP contribution in [0.3, 0.4) is 0 Å². The number of hydrogen-bond acceptors (Lipinski definition) is 3. The number of hydrogen-bond donors (Lipinski definition) is 2. The molecule has 4 heteroatoms. The predicted octanol–water partition coefficient (Wildman–Crippen LogP) is 2.63. The minimum Gasteiger partial charge on any atom is -0.393 e. The second-order valence-corrected chi connectivity index (χ2v) is 5.56. The van der Waals surface area contributed by atoms with Gasteiger partial charge in [0.25, 0.3) is 0 Å². The zero-order valence-corrected chi connectivity index (χ0v) is 12.3. The average molecular weight is 276 g/mol. The Morgan fingerprint density at radius 1 is 1.35 bits per heavy atom. The lowest BCUT2D eigenvalue weighted by molar-refractivity contribution is -0.121. The van der Waals surface area contributed by atoms with Crippen LogP contribution in [-0.4, -0.2) is 30.7 Å². The molecule has 1 aliphatic carbocycles. The zero-order chi connectivity index (χ0) is 14.5. The Labute approximate surface area is 120 Å².